The minimum atomic E-state index is -0.183. The molecule has 0 unspecified atom stereocenters. The number of benzene rings is 1. The molecule has 0 fully saturated rings. The zero-order valence-electron chi connectivity index (χ0n) is 6.83. The van der Waals surface area contributed by atoms with Crippen LogP contribution in [0.25, 0.3) is 0 Å². The van der Waals surface area contributed by atoms with Crippen molar-refractivity contribution >= 4 is 0 Å². The van der Waals surface area contributed by atoms with Crippen molar-refractivity contribution in [1.82, 2.24) is 0 Å². The molecule has 0 heterocycles. The Balaban J connectivity index is 2.51. The van der Waals surface area contributed by atoms with Crippen LogP contribution in [0.1, 0.15) is 18.9 Å². The van der Waals surface area contributed by atoms with Crippen LogP contribution in [0.15, 0.2) is 30.3 Å². The van der Waals surface area contributed by atoms with Crippen molar-refractivity contribution in [2.45, 2.75) is 25.9 Å². The molecule has 1 nitrogen and oxygen atoms in total. The highest BCUT2D eigenvalue weighted by Crippen LogP contribution is 2.04. The van der Waals surface area contributed by atoms with Crippen LogP contribution in [-0.4, -0.2) is 11.2 Å². The number of hydrogen-bond acceptors (Lipinski definition) is 1. The van der Waals surface area contributed by atoms with Gasteiger partial charge in [0.2, 0.25) is 0 Å². The maximum Gasteiger partial charge on any atom is 0.0577 e. The first-order valence-corrected chi connectivity index (χ1v) is 4.05. The van der Waals surface area contributed by atoms with Gasteiger partial charge >= 0.3 is 0 Å². The molecular formula is C10H14O. The molecule has 1 N–H and O–H groups in total. The topological polar surface area (TPSA) is 20.2 Å². The fraction of sp³-hybridized carbons (Fsp3) is 0.400. The lowest BCUT2D eigenvalue weighted by Gasteiger charge is -2.06. The molecule has 0 radical (unpaired) electrons. The minimum absolute atomic E-state index is 0.183. The van der Waals surface area contributed by atoms with Gasteiger partial charge in [0.1, 0.15) is 0 Å². The molecule has 1 heteroatoms. The normalized spacial score (nSPS) is 12.9. The SMILES string of the molecule is CC[C@H](O)Cc1ccccc1. The second-order valence-corrected chi connectivity index (χ2v) is 2.75. The third-order valence-electron chi connectivity index (χ3n) is 1.79. The third-order valence-corrected chi connectivity index (χ3v) is 1.79. The van der Waals surface area contributed by atoms with E-state index in [1.54, 1.807) is 0 Å². The summed E-state index contributed by atoms with van der Waals surface area (Å²) >= 11 is 0. The Labute approximate surface area is 67.7 Å². The smallest absolute Gasteiger partial charge is 0.0577 e. The van der Waals surface area contributed by atoms with Crippen molar-refractivity contribution in [3.05, 3.63) is 35.9 Å². The van der Waals surface area contributed by atoms with Crippen LogP contribution in [0.3, 0.4) is 0 Å². The highest BCUT2D eigenvalue weighted by atomic mass is 16.3. The van der Waals surface area contributed by atoms with Gasteiger partial charge in [-0.3, -0.25) is 0 Å². The highest BCUT2D eigenvalue weighted by molar-refractivity contribution is 5.15. The van der Waals surface area contributed by atoms with Crippen LogP contribution in [0.4, 0.5) is 0 Å². The van der Waals surface area contributed by atoms with Gasteiger partial charge in [-0.05, 0) is 18.4 Å². The average Bonchev–Trinajstić information content (AvgIpc) is 2.06. The Bertz CT molecular complexity index is 193. The first kappa shape index (κ1) is 8.28. The fourth-order valence-corrected chi connectivity index (χ4v) is 1.03. The minimum Gasteiger partial charge on any atom is -0.393 e. The first-order chi connectivity index (χ1) is 5.33. The summed E-state index contributed by atoms with van der Waals surface area (Å²) in [6, 6.07) is 10.1. The molecule has 0 spiro atoms. The predicted molar refractivity (Wildman–Crippen MR) is 46.4 cm³/mol. The van der Waals surface area contributed by atoms with E-state index >= 15 is 0 Å². The summed E-state index contributed by atoms with van der Waals surface area (Å²) in [4.78, 5) is 0. The van der Waals surface area contributed by atoms with Gasteiger partial charge in [-0.25, -0.2) is 0 Å². The van der Waals surface area contributed by atoms with E-state index in [9.17, 15) is 5.11 Å². The zero-order valence-corrected chi connectivity index (χ0v) is 6.83. The maximum atomic E-state index is 9.31. The fourth-order valence-electron chi connectivity index (χ4n) is 1.03. The van der Waals surface area contributed by atoms with Crippen molar-refractivity contribution in [1.29, 1.82) is 0 Å². The van der Waals surface area contributed by atoms with Crippen LogP contribution >= 0.6 is 0 Å². The Morgan fingerprint density at radius 3 is 2.45 bits per heavy atom. The van der Waals surface area contributed by atoms with Crippen molar-refractivity contribution in [2.24, 2.45) is 0 Å². The van der Waals surface area contributed by atoms with E-state index in [1.807, 2.05) is 37.3 Å². The molecule has 0 saturated carbocycles. The molecule has 1 aromatic rings. The molecule has 0 aliphatic heterocycles. The van der Waals surface area contributed by atoms with Gasteiger partial charge in [0.25, 0.3) is 0 Å². The van der Waals surface area contributed by atoms with E-state index in [-0.39, 0.29) is 6.10 Å². The van der Waals surface area contributed by atoms with Crippen molar-refractivity contribution in [2.75, 3.05) is 0 Å². The van der Waals surface area contributed by atoms with E-state index in [4.69, 9.17) is 0 Å². The summed E-state index contributed by atoms with van der Waals surface area (Å²) in [5.41, 5.74) is 1.21. The van der Waals surface area contributed by atoms with Crippen LogP contribution in [0.5, 0.6) is 0 Å². The van der Waals surface area contributed by atoms with E-state index in [1.165, 1.54) is 5.56 Å². The number of aliphatic hydroxyl groups is 1. The summed E-state index contributed by atoms with van der Waals surface area (Å²) in [6.07, 6.45) is 1.42. The molecule has 1 rings (SSSR count). The predicted octanol–water partition coefficient (Wildman–Crippen LogP) is 2.00. The Morgan fingerprint density at radius 2 is 1.91 bits per heavy atom. The van der Waals surface area contributed by atoms with E-state index < -0.39 is 0 Å². The Hall–Kier alpha value is -0.820. The van der Waals surface area contributed by atoms with Crippen LogP contribution in [0, 0.1) is 0 Å². The van der Waals surface area contributed by atoms with Gasteiger partial charge < -0.3 is 5.11 Å². The van der Waals surface area contributed by atoms with Gasteiger partial charge in [0.05, 0.1) is 6.10 Å². The van der Waals surface area contributed by atoms with E-state index in [0.29, 0.717) is 0 Å². The summed E-state index contributed by atoms with van der Waals surface area (Å²) in [5, 5.41) is 9.31. The molecule has 0 bridgehead atoms. The summed E-state index contributed by atoms with van der Waals surface area (Å²) in [6.45, 7) is 1.99. The first-order valence-electron chi connectivity index (χ1n) is 4.05. The number of rotatable bonds is 3. The summed E-state index contributed by atoms with van der Waals surface area (Å²) < 4.78 is 0. The van der Waals surface area contributed by atoms with Crippen LogP contribution < -0.4 is 0 Å². The second-order valence-electron chi connectivity index (χ2n) is 2.75. The monoisotopic (exact) mass is 150 g/mol. The lowest BCUT2D eigenvalue weighted by atomic mass is 10.1. The summed E-state index contributed by atoms with van der Waals surface area (Å²) in [5.74, 6) is 0. The van der Waals surface area contributed by atoms with Gasteiger partial charge in [-0.1, -0.05) is 37.3 Å². The molecule has 0 aliphatic carbocycles. The third kappa shape index (κ3) is 2.72. The molecule has 0 aromatic heterocycles. The second kappa shape index (κ2) is 4.14. The van der Waals surface area contributed by atoms with Crippen LogP contribution in [-0.2, 0) is 6.42 Å². The maximum absolute atomic E-state index is 9.31. The molecule has 0 amide bonds. The number of aliphatic hydroxyl groups excluding tert-OH is 1. The van der Waals surface area contributed by atoms with Gasteiger partial charge in [0.15, 0.2) is 0 Å². The molecule has 60 valence electrons. The standard InChI is InChI=1S/C10H14O/c1-2-10(11)8-9-6-4-3-5-7-9/h3-7,10-11H,2,8H2,1H3/t10-/m0/s1. The molecule has 0 aliphatic rings. The van der Waals surface area contributed by atoms with Gasteiger partial charge in [0, 0.05) is 0 Å². The van der Waals surface area contributed by atoms with E-state index in [0.717, 1.165) is 12.8 Å². The van der Waals surface area contributed by atoms with Crippen LogP contribution in [0.2, 0.25) is 0 Å². The van der Waals surface area contributed by atoms with Gasteiger partial charge in [-0.15, -0.1) is 0 Å². The van der Waals surface area contributed by atoms with Crippen molar-refractivity contribution < 1.29 is 5.11 Å². The molecular weight excluding hydrogens is 136 g/mol. The molecule has 11 heavy (non-hydrogen) atoms. The molecule has 1 aromatic carbocycles. The average molecular weight is 150 g/mol. The van der Waals surface area contributed by atoms with Crippen molar-refractivity contribution in [3.63, 3.8) is 0 Å². The van der Waals surface area contributed by atoms with Crippen molar-refractivity contribution in [3.8, 4) is 0 Å². The summed E-state index contributed by atoms with van der Waals surface area (Å²) in [7, 11) is 0. The Morgan fingerprint density at radius 1 is 1.27 bits per heavy atom. The quantitative estimate of drug-likeness (QED) is 0.698. The van der Waals surface area contributed by atoms with E-state index in [2.05, 4.69) is 0 Å². The lowest BCUT2D eigenvalue weighted by Crippen LogP contribution is -2.07. The number of hydrogen-bond donors (Lipinski definition) is 1. The largest absolute Gasteiger partial charge is 0.393 e. The molecule has 0 saturated heterocycles. The zero-order chi connectivity index (χ0) is 8.10. The lowest BCUT2D eigenvalue weighted by molar-refractivity contribution is 0.171. The highest BCUT2D eigenvalue weighted by Gasteiger charge is 2.00. The van der Waals surface area contributed by atoms with Gasteiger partial charge in [-0.2, -0.15) is 0 Å². The Kier molecular flexibility index (Phi) is 3.12. The molecule has 1 atom stereocenters.